The van der Waals surface area contributed by atoms with Crippen LogP contribution in [0.2, 0.25) is 0 Å². The minimum Gasteiger partial charge on any atom is -0.256 e. The van der Waals surface area contributed by atoms with E-state index in [1.54, 1.807) is 24.4 Å². The van der Waals surface area contributed by atoms with Crippen molar-refractivity contribution in [2.24, 2.45) is 0 Å². The molecule has 3 heteroatoms. The highest BCUT2D eigenvalue weighted by Crippen LogP contribution is 2.32. The van der Waals surface area contributed by atoms with Gasteiger partial charge in [0.15, 0.2) is 0 Å². The molecule has 0 bridgehead atoms. The van der Waals surface area contributed by atoms with Crippen LogP contribution in [-0.4, -0.2) is 4.98 Å². The Kier molecular flexibility index (Phi) is 4.68. The molecule has 0 unspecified atom stereocenters. The van der Waals surface area contributed by atoms with Gasteiger partial charge in [-0.15, -0.1) is 0 Å². The van der Waals surface area contributed by atoms with Crippen LogP contribution in [0.4, 0.5) is 8.78 Å². The van der Waals surface area contributed by atoms with Gasteiger partial charge in [0.2, 0.25) is 0 Å². The fraction of sp³-hybridized carbons (Fsp3) is 0.125. The van der Waals surface area contributed by atoms with Gasteiger partial charge in [-0.05, 0) is 59.3 Å². The van der Waals surface area contributed by atoms with E-state index in [1.165, 1.54) is 23.8 Å². The first-order chi connectivity index (χ1) is 13.2. The van der Waals surface area contributed by atoms with Crippen LogP contribution in [0.25, 0.3) is 33.2 Å². The normalized spacial score (nSPS) is 11.1. The molecule has 0 amide bonds. The van der Waals surface area contributed by atoms with Crippen molar-refractivity contribution >= 4 is 10.8 Å². The van der Waals surface area contributed by atoms with Crippen LogP contribution >= 0.6 is 0 Å². The second-order valence-electron chi connectivity index (χ2n) is 6.67. The maximum Gasteiger partial charge on any atom is 0.131 e. The summed E-state index contributed by atoms with van der Waals surface area (Å²) in [6, 6.07) is 19.4. The molecule has 0 atom stereocenters. The summed E-state index contributed by atoms with van der Waals surface area (Å²) in [5.74, 6) is -0.598. The lowest BCUT2D eigenvalue weighted by atomic mass is 9.97. The number of aryl methyl sites for hydroxylation is 1. The van der Waals surface area contributed by atoms with E-state index in [4.69, 9.17) is 0 Å². The van der Waals surface area contributed by atoms with E-state index in [9.17, 15) is 8.78 Å². The molecule has 1 nitrogen and oxygen atoms in total. The van der Waals surface area contributed by atoms with Crippen molar-refractivity contribution in [2.45, 2.75) is 19.8 Å². The third kappa shape index (κ3) is 3.45. The van der Waals surface area contributed by atoms with E-state index < -0.39 is 0 Å². The van der Waals surface area contributed by atoms with E-state index in [-0.39, 0.29) is 11.6 Å². The number of hydrogen-bond acceptors (Lipinski definition) is 1. The summed E-state index contributed by atoms with van der Waals surface area (Å²) in [7, 11) is 0. The molecule has 0 saturated heterocycles. The van der Waals surface area contributed by atoms with Gasteiger partial charge < -0.3 is 0 Å². The number of fused-ring (bicyclic) bond motifs is 1. The molecule has 0 spiro atoms. The highest BCUT2D eigenvalue weighted by Gasteiger charge is 2.11. The first kappa shape index (κ1) is 17.3. The first-order valence-corrected chi connectivity index (χ1v) is 9.09. The zero-order valence-corrected chi connectivity index (χ0v) is 15.0. The van der Waals surface area contributed by atoms with Gasteiger partial charge in [-0.2, -0.15) is 0 Å². The molecule has 0 aliphatic heterocycles. The summed E-state index contributed by atoms with van der Waals surface area (Å²) in [5, 5.41) is 1.62. The van der Waals surface area contributed by atoms with Crippen molar-refractivity contribution in [3.8, 4) is 22.4 Å². The first-order valence-electron chi connectivity index (χ1n) is 9.09. The molecule has 0 aliphatic carbocycles. The summed E-state index contributed by atoms with van der Waals surface area (Å²) < 4.78 is 28.3. The number of benzene rings is 3. The minimum atomic E-state index is -0.314. The summed E-state index contributed by atoms with van der Waals surface area (Å²) >= 11 is 0. The fourth-order valence-electron chi connectivity index (χ4n) is 3.40. The van der Waals surface area contributed by atoms with Gasteiger partial charge >= 0.3 is 0 Å². The molecule has 0 radical (unpaired) electrons. The Hall–Kier alpha value is -3.07. The second kappa shape index (κ2) is 7.28. The SMILES string of the molecule is CCCc1ccc(-c2cc(-c3nccc4ccc(F)cc34)ccc2F)cc1. The Labute approximate surface area is 157 Å². The van der Waals surface area contributed by atoms with Gasteiger partial charge in [-0.25, -0.2) is 8.78 Å². The molecular weight excluding hydrogens is 340 g/mol. The van der Waals surface area contributed by atoms with Gasteiger partial charge in [0.25, 0.3) is 0 Å². The maximum absolute atomic E-state index is 14.5. The van der Waals surface area contributed by atoms with Crippen molar-refractivity contribution in [2.75, 3.05) is 0 Å². The molecule has 27 heavy (non-hydrogen) atoms. The average molecular weight is 359 g/mol. The number of pyridine rings is 1. The monoisotopic (exact) mass is 359 g/mol. The predicted octanol–water partition coefficient (Wildman–Crippen LogP) is 6.80. The number of hydrogen-bond donors (Lipinski definition) is 0. The Morgan fingerprint density at radius 1 is 0.815 bits per heavy atom. The van der Waals surface area contributed by atoms with Gasteiger partial charge in [-0.1, -0.05) is 43.7 Å². The minimum absolute atomic E-state index is 0.284. The molecular formula is C24H19F2N. The third-order valence-electron chi connectivity index (χ3n) is 4.77. The molecule has 0 aliphatic rings. The molecule has 0 fully saturated rings. The summed E-state index contributed by atoms with van der Waals surface area (Å²) in [6.07, 6.45) is 3.78. The lowest BCUT2D eigenvalue weighted by Gasteiger charge is -2.10. The third-order valence-corrected chi connectivity index (χ3v) is 4.77. The van der Waals surface area contributed by atoms with Crippen molar-refractivity contribution in [3.63, 3.8) is 0 Å². The summed E-state index contributed by atoms with van der Waals surface area (Å²) in [4.78, 5) is 4.43. The van der Waals surface area contributed by atoms with Crippen molar-refractivity contribution < 1.29 is 8.78 Å². The van der Waals surface area contributed by atoms with Crippen LogP contribution in [0, 0.1) is 11.6 Å². The number of nitrogens with zero attached hydrogens (tertiary/aromatic N) is 1. The molecule has 1 heterocycles. The quantitative estimate of drug-likeness (QED) is 0.390. The van der Waals surface area contributed by atoms with Crippen LogP contribution in [0.3, 0.4) is 0 Å². The van der Waals surface area contributed by atoms with Crippen molar-refractivity contribution in [3.05, 3.63) is 90.1 Å². The van der Waals surface area contributed by atoms with E-state index >= 15 is 0 Å². The lowest BCUT2D eigenvalue weighted by Crippen LogP contribution is -1.91. The topological polar surface area (TPSA) is 12.9 Å². The number of halogens is 2. The zero-order valence-electron chi connectivity index (χ0n) is 15.0. The molecule has 134 valence electrons. The van der Waals surface area contributed by atoms with Crippen LogP contribution in [0.15, 0.2) is 72.9 Å². The fourth-order valence-corrected chi connectivity index (χ4v) is 3.40. The Balaban J connectivity index is 1.82. The molecule has 4 rings (SSSR count). The van der Waals surface area contributed by atoms with Gasteiger partial charge in [0.1, 0.15) is 11.6 Å². The van der Waals surface area contributed by atoms with E-state index in [0.717, 1.165) is 29.4 Å². The second-order valence-corrected chi connectivity index (χ2v) is 6.67. The lowest BCUT2D eigenvalue weighted by molar-refractivity contribution is 0.629. The van der Waals surface area contributed by atoms with E-state index in [0.29, 0.717) is 16.6 Å². The Bertz CT molecular complexity index is 1100. The Morgan fingerprint density at radius 3 is 2.37 bits per heavy atom. The van der Waals surface area contributed by atoms with Crippen LogP contribution in [0.1, 0.15) is 18.9 Å². The zero-order chi connectivity index (χ0) is 18.8. The summed E-state index contributed by atoms with van der Waals surface area (Å²) in [5.41, 5.74) is 3.99. The maximum atomic E-state index is 14.5. The van der Waals surface area contributed by atoms with Gasteiger partial charge in [-0.3, -0.25) is 4.98 Å². The van der Waals surface area contributed by atoms with Crippen LogP contribution in [0.5, 0.6) is 0 Å². The van der Waals surface area contributed by atoms with Gasteiger partial charge in [0.05, 0.1) is 5.69 Å². The molecule has 0 N–H and O–H groups in total. The van der Waals surface area contributed by atoms with Crippen LogP contribution < -0.4 is 0 Å². The molecule has 1 aromatic heterocycles. The van der Waals surface area contributed by atoms with Crippen molar-refractivity contribution in [1.82, 2.24) is 4.98 Å². The van der Waals surface area contributed by atoms with Gasteiger partial charge in [0, 0.05) is 22.7 Å². The van der Waals surface area contributed by atoms with Crippen molar-refractivity contribution in [1.29, 1.82) is 0 Å². The summed E-state index contributed by atoms with van der Waals surface area (Å²) in [6.45, 7) is 2.14. The van der Waals surface area contributed by atoms with E-state index in [1.807, 2.05) is 30.3 Å². The highest BCUT2D eigenvalue weighted by molar-refractivity contribution is 5.95. The highest BCUT2D eigenvalue weighted by atomic mass is 19.1. The predicted molar refractivity (Wildman–Crippen MR) is 107 cm³/mol. The Morgan fingerprint density at radius 2 is 1.59 bits per heavy atom. The smallest absolute Gasteiger partial charge is 0.131 e. The largest absolute Gasteiger partial charge is 0.256 e. The molecule has 3 aromatic carbocycles. The number of rotatable bonds is 4. The molecule has 4 aromatic rings. The van der Waals surface area contributed by atoms with Crippen LogP contribution in [-0.2, 0) is 6.42 Å². The number of aromatic nitrogens is 1. The molecule has 0 saturated carbocycles. The standard InChI is InChI=1S/C24H19F2N/c1-2-3-16-4-6-17(7-5-16)21-14-19(9-11-23(21)26)24-22-15-20(25)10-8-18(22)12-13-27-24/h4-15H,2-3H2,1H3. The van der Waals surface area contributed by atoms with E-state index in [2.05, 4.69) is 11.9 Å². The average Bonchev–Trinajstić information content (AvgIpc) is 2.69.